The first-order valence-corrected chi connectivity index (χ1v) is 11.0. The van der Waals surface area contributed by atoms with E-state index in [-0.39, 0.29) is 6.42 Å². The average molecular weight is 375 g/mol. The molecule has 0 unspecified atom stereocenters. The van der Waals surface area contributed by atoms with Crippen LogP contribution in [0.15, 0.2) is 24.3 Å². The summed E-state index contributed by atoms with van der Waals surface area (Å²) in [6.45, 7) is 4.19. The molecule has 0 aliphatic heterocycles. The van der Waals surface area contributed by atoms with Crippen LogP contribution in [0.2, 0.25) is 0 Å². The molecule has 0 saturated carbocycles. The second-order valence-electron chi connectivity index (χ2n) is 6.40. The van der Waals surface area contributed by atoms with E-state index in [4.69, 9.17) is 2.74 Å². The Bertz CT molecular complexity index is 643. The fourth-order valence-electron chi connectivity index (χ4n) is 2.48. The molecular weight excluding hydrogens is 336 g/mol. The van der Waals surface area contributed by atoms with E-state index < -0.39 is 22.6 Å². The maximum Gasteiger partial charge on any atom is 0.229 e. The largest absolute Gasteiger partial charge is 0.388 e. The second-order valence-corrected chi connectivity index (χ2v) is 8.15. The van der Waals surface area contributed by atoms with Gasteiger partial charge in [0, 0.05) is 8.43 Å². The zero-order chi connectivity index (χ0) is 20.5. The standard InChI is InChI=1S/C19H34N2O3S/c1-4-6-14-21(15-7-5-2)16-8-9-19(22)17-10-12-18(13-11-17)20-25(3,23)24/h10-13,19-20,22H,4-9,14-16H2,1-3H3/t19-/m1/s1/i16T2. The van der Waals surface area contributed by atoms with Crippen molar-refractivity contribution in [2.75, 3.05) is 30.6 Å². The zero-order valence-corrected chi connectivity index (χ0v) is 16.5. The van der Waals surface area contributed by atoms with Gasteiger partial charge in [-0.25, -0.2) is 8.42 Å². The van der Waals surface area contributed by atoms with Crippen LogP contribution in [0.1, 0.15) is 66.8 Å². The highest BCUT2D eigenvalue weighted by atomic mass is 32.2. The highest BCUT2D eigenvalue weighted by molar-refractivity contribution is 7.92. The lowest BCUT2D eigenvalue weighted by molar-refractivity contribution is 0.154. The van der Waals surface area contributed by atoms with Gasteiger partial charge in [-0.15, -0.1) is 0 Å². The number of aliphatic hydroxyl groups excluding tert-OH is 1. The topological polar surface area (TPSA) is 69.6 Å². The smallest absolute Gasteiger partial charge is 0.229 e. The number of hydrogen-bond acceptors (Lipinski definition) is 4. The molecule has 2 N–H and O–H groups in total. The molecule has 5 nitrogen and oxygen atoms in total. The Kier molecular flexibility index (Phi) is 8.59. The summed E-state index contributed by atoms with van der Waals surface area (Å²) in [5.74, 6) is 0. The first-order chi connectivity index (χ1) is 12.6. The molecule has 0 fully saturated rings. The van der Waals surface area contributed by atoms with Gasteiger partial charge in [0.1, 0.15) is 0 Å². The van der Waals surface area contributed by atoms with Gasteiger partial charge in [-0.1, -0.05) is 38.8 Å². The lowest BCUT2D eigenvalue weighted by Crippen LogP contribution is -2.27. The van der Waals surface area contributed by atoms with Crippen LogP contribution in [0.4, 0.5) is 5.69 Å². The molecule has 0 heterocycles. The lowest BCUT2D eigenvalue weighted by Gasteiger charge is -2.22. The Morgan fingerprint density at radius 3 is 2.16 bits per heavy atom. The summed E-state index contributed by atoms with van der Waals surface area (Å²) in [6.07, 6.45) is 4.81. The molecule has 0 bridgehead atoms. The van der Waals surface area contributed by atoms with E-state index in [1.54, 1.807) is 24.3 Å². The summed E-state index contributed by atoms with van der Waals surface area (Å²) in [5, 5.41) is 10.4. The van der Waals surface area contributed by atoms with Crippen molar-refractivity contribution in [1.29, 1.82) is 0 Å². The van der Waals surface area contributed by atoms with Crippen molar-refractivity contribution >= 4 is 15.7 Å². The van der Waals surface area contributed by atoms with E-state index >= 15 is 0 Å². The van der Waals surface area contributed by atoms with Crippen molar-refractivity contribution < 1.29 is 16.3 Å². The third-order valence-corrected chi connectivity index (χ3v) is 4.52. The minimum absolute atomic E-state index is 0.241. The van der Waals surface area contributed by atoms with Crippen LogP contribution in [0.3, 0.4) is 0 Å². The molecule has 0 radical (unpaired) electrons. The molecule has 0 aromatic heterocycles. The van der Waals surface area contributed by atoms with Crippen LogP contribution in [-0.2, 0) is 10.0 Å². The monoisotopic (exact) mass is 374 g/mol. The number of hydrogen-bond donors (Lipinski definition) is 2. The number of nitrogens with one attached hydrogen (secondary N) is 1. The summed E-state index contributed by atoms with van der Waals surface area (Å²) in [7, 11) is -3.33. The van der Waals surface area contributed by atoms with Gasteiger partial charge in [0.25, 0.3) is 0 Å². The van der Waals surface area contributed by atoms with E-state index in [0.717, 1.165) is 45.0 Å². The number of anilines is 1. The summed E-state index contributed by atoms with van der Waals surface area (Å²) < 4.78 is 41.7. The number of benzene rings is 1. The SMILES string of the molecule is [3H]C([3H])(CC[C@@H](O)c1ccc(NS(C)(=O)=O)cc1)N(CCCC)CCCC. The van der Waals surface area contributed by atoms with Crippen molar-refractivity contribution in [1.82, 2.24) is 4.90 Å². The summed E-state index contributed by atoms with van der Waals surface area (Å²) in [4.78, 5) is 1.89. The molecule has 0 aliphatic rings. The van der Waals surface area contributed by atoms with Crippen molar-refractivity contribution in [3.8, 4) is 0 Å². The molecule has 1 aromatic rings. The van der Waals surface area contributed by atoms with E-state index in [1.165, 1.54) is 0 Å². The van der Waals surface area contributed by atoms with Gasteiger partial charge >= 0.3 is 0 Å². The number of rotatable bonds is 13. The number of sulfonamides is 1. The first kappa shape index (κ1) is 18.7. The number of unbranched alkanes of at least 4 members (excludes halogenated alkanes) is 2. The van der Waals surface area contributed by atoms with Crippen LogP contribution in [-0.4, -0.2) is 44.3 Å². The molecule has 1 atom stereocenters. The maximum atomic E-state index is 11.2. The summed E-state index contributed by atoms with van der Waals surface area (Å²) in [5.41, 5.74) is 1.09. The minimum Gasteiger partial charge on any atom is -0.388 e. The van der Waals surface area contributed by atoms with Crippen LogP contribution in [0, 0.1) is 0 Å². The lowest BCUT2D eigenvalue weighted by atomic mass is 10.0. The van der Waals surface area contributed by atoms with E-state index in [1.807, 2.05) is 4.90 Å². The Morgan fingerprint density at radius 1 is 1.12 bits per heavy atom. The predicted octanol–water partition coefficient (Wildman–Crippen LogP) is 3.77. The fraction of sp³-hybridized carbons (Fsp3) is 0.684. The number of aliphatic hydroxyl groups is 1. The Hall–Kier alpha value is -1.11. The van der Waals surface area contributed by atoms with Gasteiger partial charge in [-0.3, -0.25) is 4.72 Å². The quantitative estimate of drug-likeness (QED) is 0.551. The zero-order valence-electron chi connectivity index (χ0n) is 17.7. The predicted molar refractivity (Wildman–Crippen MR) is 105 cm³/mol. The van der Waals surface area contributed by atoms with E-state index in [9.17, 15) is 13.5 Å². The molecule has 6 heteroatoms. The van der Waals surface area contributed by atoms with Crippen molar-refractivity contribution in [2.24, 2.45) is 0 Å². The Morgan fingerprint density at radius 2 is 1.68 bits per heavy atom. The molecule has 0 saturated heterocycles. The third kappa shape index (κ3) is 9.82. The highest BCUT2D eigenvalue weighted by Crippen LogP contribution is 2.21. The average Bonchev–Trinajstić information content (AvgIpc) is 2.59. The molecule has 1 rings (SSSR count). The number of nitrogens with zero attached hydrogens (tertiary/aromatic N) is 1. The normalized spacial score (nSPS) is 14.9. The fourth-order valence-corrected chi connectivity index (χ4v) is 3.05. The van der Waals surface area contributed by atoms with Gasteiger partial charge in [0.05, 0.1) is 12.4 Å². The summed E-state index contributed by atoms with van der Waals surface area (Å²) in [6, 6.07) is 6.53. The Balaban J connectivity index is 2.67. The van der Waals surface area contributed by atoms with Crippen LogP contribution >= 0.6 is 0 Å². The highest BCUT2D eigenvalue weighted by Gasteiger charge is 2.10. The van der Waals surface area contributed by atoms with Crippen LogP contribution < -0.4 is 4.72 Å². The molecule has 144 valence electrons. The molecule has 0 amide bonds. The van der Waals surface area contributed by atoms with Crippen LogP contribution in [0.25, 0.3) is 0 Å². The summed E-state index contributed by atoms with van der Waals surface area (Å²) >= 11 is 0. The van der Waals surface area contributed by atoms with E-state index in [0.29, 0.717) is 17.7 Å². The maximum absolute atomic E-state index is 11.2. The van der Waals surface area contributed by atoms with Gasteiger partial charge in [0.2, 0.25) is 10.0 Å². The molecule has 0 aliphatic carbocycles. The van der Waals surface area contributed by atoms with Crippen molar-refractivity contribution in [2.45, 2.75) is 58.5 Å². The van der Waals surface area contributed by atoms with Gasteiger partial charge in [-0.05, 0) is 63.0 Å². The molecule has 0 spiro atoms. The Labute approximate surface area is 156 Å². The minimum atomic E-state index is -3.33. The van der Waals surface area contributed by atoms with Crippen LogP contribution in [0.5, 0.6) is 0 Å². The van der Waals surface area contributed by atoms with Gasteiger partial charge < -0.3 is 10.0 Å². The molecular formula is C19H34N2O3S. The molecule has 1 aromatic carbocycles. The van der Waals surface area contributed by atoms with Gasteiger partial charge in [-0.2, -0.15) is 0 Å². The third-order valence-electron chi connectivity index (χ3n) is 3.92. The molecule has 25 heavy (non-hydrogen) atoms. The van der Waals surface area contributed by atoms with Crippen molar-refractivity contribution in [3.05, 3.63) is 29.8 Å². The van der Waals surface area contributed by atoms with Crippen molar-refractivity contribution in [3.63, 3.8) is 0 Å². The van der Waals surface area contributed by atoms with E-state index in [2.05, 4.69) is 18.6 Å². The first-order valence-electron chi connectivity index (χ1n) is 10.1. The van der Waals surface area contributed by atoms with Gasteiger partial charge in [0.15, 0.2) is 0 Å². The second kappa shape index (κ2) is 11.5.